The minimum absolute atomic E-state index is 0.250. The molecule has 1 aromatic heterocycles. The molecule has 2 aromatic rings. The van der Waals surface area contributed by atoms with Crippen molar-refractivity contribution >= 4 is 6.09 Å². The Bertz CT molecular complexity index is 797. The summed E-state index contributed by atoms with van der Waals surface area (Å²) in [5, 5.41) is 4.08. The van der Waals surface area contributed by atoms with Gasteiger partial charge in [-0.2, -0.15) is 4.98 Å². The van der Waals surface area contributed by atoms with Gasteiger partial charge in [-0.1, -0.05) is 5.16 Å². The van der Waals surface area contributed by atoms with Gasteiger partial charge >= 0.3 is 6.09 Å². The molecule has 28 heavy (non-hydrogen) atoms. The van der Waals surface area contributed by atoms with Crippen molar-refractivity contribution in [1.29, 1.82) is 0 Å². The maximum absolute atomic E-state index is 12.5. The first-order valence-electron chi connectivity index (χ1n) is 9.40. The van der Waals surface area contributed by atoms with Gasteiger partial charge in [-0.25, -0.2) is 4.79 Å². The molecule has 0 unspecified atom stereocenters. The van der Waals surface area contributed by atoms with Gasteiger partial charge in [0, 0.05) is 6.54 Å². The molecule has 3 rings (SSSR count). The third kappa shape index (κ3) is 4.74. The molecule has 2 heterocycles. The van der Waals surface area contributed by atoms with E-state index >= 15 is 0 Å². The van der Waals surface area contributed by atoms with Gasteiger partial charge in [-0.05, 0) is 64.8 Å². The van der Waals surface area contributed by atoms with E-state index in [0.29, 0.717) is 24.0 Å². The topological polar surface area (TPSA) is 86.9 Å². The van der Waals surface area contributed by atoms with Crippen molar-refractivity contribution in [2.75, 3.05) is 13.7 Å². The fourth-order valence-corrected chi connectivity index (χ4v) is 3.03. The SMILES string of the molecule is COc1ccc(O[C@@H](C)c2nc([C@@H]3CCCN3C(=O)OC(C)(C)C)no2)cc1. The van der Waals surface area contributed by atoms with Crippen LogP contribution in [-0.2, 0) is 4.74 Å². The molecular weight excluding hydrogens is 362 g/mol. The predicted octanol–water partition coefficient (Wildman–Crippen LogP) is 4.29. The van der Waals surface area contributed by atoms with Crippen LogP contribution < -0.4 is 9.47 Å². The van der Waals surface area contributed by atoms with Gasteiger partial charge < -0.3 is 18.7 Å². The van der Waals surface area contributed by atoms with Crippen LogP contribution in [0.25, 0.3) is 0 Å². The second-order valence-corrected chi connectivity index (χ2v) is 7.76. The number of carbonyl (C=O) groups excluding carboxylic acids is 1. The van der Waals surface area contributed by atoms with Gasteiger partial charge in [0.05, 0.1) is 13.2 Å². The molecule has 152 valence electrons. The van der Waals surface area contributed by atoms with Crippen molar-refractivity contribution in [3.63, 3.8) is 0 Å². The summed E-state index contributed by atoms with van der Waals surface area (Å²) in [6.07, 6.45) is 0.854. The van der Waals surface area contributed by atoms with E-state index in [-0.39, 0.29) is 12.1 Å². The Hall–Kier alpha value is -2.77. The van der Waals surface area contributed by atoms with E-state index in [4.69, 9.17) is 18.7 Å². The highest BCUT2D eigenvalue weighted by Crippen LogP contribution is 2.32. The molecule has 1 aliphatic rings. The number of amides is 1. The molecular formula is C20H27N3O5. The molecule has 1 aromatic carbocycles. The van der Waals surface area contributed by atoms with Gasteiger partial charge in [-0.15, -0.1) is 0 Å². The first-order valence-corrected chi connectivity index (χ1v) is 9.40. The van der Waals surface area contributed by atoms with Gasteiger partial charge in [0.1, 0.15) is 17.1 Å². The average Bonchev–Trinajstić information content (AvgIpc) is 3.30. The van der Waals surface area contributed by atoms with E-state index in [1.807, 2.05) is 52.0 Å². The van der Waals surface area contributed by atoms with Crippen molar-refractivity contribution in [3.05, 3.63) is 36.0 Å². The Morgan fingerprint density at radius 1 is 1.25 bits per heavy atom. The normalized spacial score (nSPS) is 18.0. The first kappa shape index (κ1) is 20.0. The summed E-state index contributed by atoms with van der Waals surface area (Å²) in [6, 6.07) is 7.01. The largest absolute Gasteiger partial charge is 0.497 e. The smallest absolute Gasteiger partial charge is 0.410 e. The molecule has 0 N–H and O–H groups in total. The minimum Gasteiger partial charge on any atom is -0.497 e. The molecule has 1 amide bonds. The monoisotopic (exact) mass is 389 g/mol. The average molecular weight is 389 g/mol. The summed E-state index contributed by atoms with van der Waals surface area (Å²) in [5.74, 6) is 2.26. The van der Waals surface area contributed by atoms with Crippen LogP contribution >= 0.6 is 0 Å². The van der Waals surface area contributed by atoms with Crippen LogP contribution in [0.2, 0.25) is 0 Å². The number of likely N-dealkylation sites (tertiary alicyclic amines) is 1. The molecule has 2 atom stereocenters. The van der Waals surface area contributed by atoms with Crippen LogP contribution in [0.4, 0.5) is 4.79 Å². The zero-order chi connectivity index (χ0) is 20.3. The third-order valence-corrected chi connectivity index (χ3v) is 4.36. The molecule has 0 radical (unpaired) electrons. The number of aromatic nitrogens is 2. The lowest BCUT2D eigenvalue weighted by molar-refractivity contribution is 0.0217. The Morgan fingerprint density at radius 2 is 1.93 bits per heavy atom. The van der Waals surface area contributed by atoms with Crippen LogP contribution in [0.5, 0.6) is 11.5 Å². The van der Waals surface area contributed by atoms with Crippen molar-refractivity contribution in [2.45, 2.75) is 58.3 Å². The van der Waals surface area contributed by atoms with Crippen LogP contribution in [0.15, 0.2) is 28.8 Å². The second-order valence-electron chi connectivity index (χ2n) is 7.76. The lowest BCUT2D eigenvalue weighted by Crippen LogP contribution is -2.36. The van der Waals surface area contributed by atoms with Gasteiger partial charge in [0.2, 0.25) is 0 Å². The summed E-state index contributed by atoms with van der Waals surface area (Å²) in [6.45, 7) is 7.99. The van der Waals surface area contributed by atoms with Crippen LogP contribution in [0, 0.1) is 0 Å². The summed E-state index contributed by atoms with van der Waals surface area (Å²) in [7, 11) is 1.61. The van der Waals surface area contributed by atoms with E-state index in [9.17, 15) is 4.79 Å². The van der Waals surface area contributed by atoms with E-state index in [1.165, 1.54) is 0 Å². The summed E-state index contributed by atoms with van der Waals surface area (Å²) in [5.41, 5.74) is -0.548. The van der Waals surface area contributed by atoms with E-state index in [1.54, 1.807) is 12.0 Å². The summed E-state index contributed by atoms with van der Waals surface area (Å²) in [4.78, 5) is 18.6. The standard InChI is InChI=1S/C20H27N3O5/c1-13(26-15-10-8-14(25-5)9-11-15)18-21-17(22-28-18)16-7-6-12-23(16)19(24)27-20(2,3)4/h8-11,13,16H,6-7,12H2,1-5H3/t13-,16-/m0/s1. The highest BCUT2D eigenvalue weighted by atomic mass is 16.6. The minimum atomic E-state index is -0.548. The number of methoxy groups -OCH3 is 1. The maximum atomic E-state index is 12.5. The van der Waals surface area contributed by atoms with E-state index < -0.39 is 11.7 Å². The van der Waals surface area contributed by atoms with Crippen molar-refractivity contribution < 1.29 is 23.5 Å². The third-order valence-electron chi connectivity index (χ3n) is 4.36. The Kier molecular flexibility index (Phi) is 5.76. The van der Waals surface area contributed by atoms with Crippen LogP contribution in [-0.4, -0.2) is 40.4 Å². The fourth-order valence-electron chi connectivity index (χ4n) is 3.03. The van der Waals surface area contributed by atoms with Gasteiger partial charge in [0.25, 0.3) is 5.89 Å². The number of rotatable bonds is 5. The molecule has 0 saturated carbocycles. The van der Waals surface area contributed by atoms with Crippen LogP contribution in [0.3, 0.4) is 0 Å². The Morgan fingerprint density at radius 3 is 2.57 bits per heavy atom. The van der Waals surface area contributed by atoms with Crippen molar-refractivity contribution in [2.24, 2.45) is 0 Å². The first-order chi connectivity index (χ1) is 13.3. The zero-order valence-electron chi connectivity index (χ0n) is 17.0. The molecule has 1 saturated heterocycles. The number of benzene rings is 1. The number of ether oxygens (including phenoxy) is 3. The van der Waals surface area contributed by atoms with E-state index in [0.717, 1.165) is 18.6 Å². The molecule has 1 aliphatic heterocycles. The van der Waals surface area contributed by atoms with E-state index in [2.05, 4.69) is 10.1 Å². The molecule has 0 spiro atoms. The number of carbonyl (C=O) groups is 1. The van der Waals surface area contributed by atoms with Crippen LogP contribution in [0.1, 0.15) is 64.4 Å². The van der Waals surface area contributed by atoms with Crippen molar-refractivity contribution in [3.8, 4) is 11.5 Å². The number of hydrogen-bond acceptors (Lipinski definition) is 7. The fraction of sp³-hybridized carbons (Fsp3) is 0.550. The lowest BCUT2D eigenvalue weighted by Gasteiger charge is -2.27. The second kappa shape index (κ2) is 8.08. The summed E-state index contributed by atoms with van der Waals surface area (Å²) < 4.78 is 21.9. The lowest BCUT2D eigenvalue weighted by atomic mass is 10.2. The number of nitrogens with zero attached hydrogens (tertiary/aromatic N) is 3. The maximum Gasteiger partial charge on any atom is 0.410 e. The highest BCUT2D eigenvalue weighted by molar-refractivity contribution is 5.69. The van der Waals surface area contributed by atoms with Gasteiger partial charge in [0.15, 0.2) is 11.9 Å². The number of hydrogen-bond donors (Lipinski definition) is 0. The molecule has 8 heteroatoms. The predicted molar refractivity (Wildman–Crippen MR) is 101 cm³/mol. The Labute approximate surface area is 164 Å². The van der Waals surface area contributed by atoms with Crippen molar-refractivity contribution in [1.82, 2.24) is 15.0 Å². The van der Waals surface area contributed by atoms with Gasteiger partial charge in [-0.3, -0.25) is 4.90 Å². The Balaban J connectivity index is 1.67. The molecule has 1 fully saturated rings. The summed E-state index contributed by atoms with van der Waals surface area (Å²) >= 11 is 0. The molecule has 0 aliphatic carbocycles. The molecule has 8 nitrogen and oxygen atoms in total. The highest BCUT2D eigenvalue weighted by Gasteiger charge is 2.36. The molecule has 0 bridgehead atoms. The quantitative estimate of drug-likeness (QED) is 0.754. The zero-order valence-corrected chi connectivity index (χ0v) is 17.0.